The molecule has 2 amide bonds. The van der Waals surface area contributed by atoms with Crippen LogP contribution in [-0.2, 0) is 14.8 Å². The summed E-state index contributed by atoms with van der Waals surface area (Å²) in [6.07, 6.45) is 4.47. The molecule has 0 bridgehead atoms. The van der Waals surface area contributed by atoms with Crippen molar-refractivity contribution < 1.29 is 37.3 Å². The molecular formula is C35H46N4O8S. The van der Waals surface area contributed by atoms with Gasteiger partial charge in [-0.2, -0.15) is 4.31 Å². The summed E-state index contributed by atoms with van der Waals surface area (Å²) in [5, 5.41) is 13.1. The average Bonchev–Trinajstić information content (AvgIpc) is 3.09. The first-order valence-corrected chi connectivity index (χ1v) is 17.5. The van der Waals surface area contributed by atoms with Gasteiger partial charge in [-0.25, -0.2) is 8.42 Å². The van der Waals surface area contributed by atoms with Crippen molar-refractivity contribution in [3.8, 4) is 11.5 Å². The lowest BCUT2D eigenvalue weighted by Crippen LogP contribution is -2.48. The Morgan fingerprint density at radius 2 is 1.83 bits per heavy atom. The first-order valence-electron chi connectivity index (χ1n) is 16.1. The highest BCUT2D eigenvalue weighted by Gasteiger charge is 2.32. The van der Waals surface area contributed by atoms with Gasteiger partial charge in [-0.15, -0.1) is 0 Å². The standard InChI is InChI=1S/C35H46N4O8S/c1-24-21-39(25(2)23-40)35(42)31-20-28(37-34(41)27-15-17-36-18-16-27)9-14-32(31)47-26(3)8-6-7-19-46-33(24)22-38(4)48(43,44)30-12-10-29(45-5)11-13-30/h9-18,20,24-26,33,40H,6-8,19,21-23H2,1-5H3,(H,37,41)/t24-,25+,26-,33+/m0/s1. The number of nitrogens with zero attached hydrogens (tertiary/aromatic N) is 3. The zero-order chi connectivity index (χ0) is 34.8. The van der Waals surface area contributed by atoms with E-state index in [2.05, 4.69) is 10.3 Å². The molecule has 0 saturated heterocycles. The number of benzene rings is 2. The number of pyridine rings is 1. The zero-order valence-corrected chi connectivity index (χ0v) is 29.0. The van der Waals surface area contributed by atoms with Crippen molar-refractivity contribution in [3.05, 3.63) is 78.1 Å². The van der Waals surface area contributed by atoms with Crippen LogP contribution in [-0.4, -0.2) is 98.2 Å². The summed E-state index contributed by atoms with van der Waals surface area (Å²) >= 11 is 0. The summed E-state index contributed by atoms with van der Waals surface area (Å²) in [6, 6.07) is 13.7. The normalized spacial score (nSPS) is 20.3. The Bertz CT molecular complexity index is 1620. The Kier molecular flexibility index (Phi) is 12.9. The minimum absolute atomic E-state index is 0.0480. The lowest BCUT2D eigenvalue weighted by Gasteiger charge is -2.35. The fourth-order valence-electron chi connectivity index (χ4n) is 5.45. The molecule has 12 nitrogen and oxygen atoms in total. The molecule has 0 saturated carbocycles. The number of likely N-dealkylation sites (N-methyl/N-ethyl adjacent to an activating group) is 1. The van der Waals surface area contributed by atoms with E-state index in [0.717, 1.165) is 12.8 Å². The van der Waals surface area contributed by atoms with Crippen LogP contribution in [0.4, 0.5) is 5.69 Å². The lowest BCUT2D eigenvalue weighted by atomic mass is 10.0. The van der Waals surface area contributed by atoms with E-state index >= 15 is 0 Å². The van der Waals surface area contributed by atoms with Gasteiger partial charge in [0.1, 0.15) is 11.5 Å². The van der Waals surface area contributed by atoms with E-state index in [9.17, 15) is 23.1 Å². The number of amides is 2. The Labute approximate surface area is 283 Å². The number of ether oxygens (including phenoxy) is 3. The summed E-state index contributed by atoms with van der Waals surface area (Å²) in [4.78, 5) is 32.9. The van der Waals surface area contributed by atoms with Crippen molar-refractivity contribution in [2.75, 3.05) is 45.8 Å². The van der Waals surface area contributed by atoms with Gasteiger partial charge in [0.2, 0.25) is 10.0 Å². The van der Waals surface area contributed by atoms with Gasteiger partial charge in [0.15, 0.2) is 0 Å². The van der Waals surface area contributed by atoms with E-state index in [0.29, 0.717) is 35.8 Å². The van der Waals surface area contributed by atoms with Gasteiger partial charge in [-0.05, 0) is 87.7 Å². The SMILES string of the molecule is COc1ccc(S(=O)(=O)N(C)C[C@H]2OCCCC[C@H](C)Oc3ccc(NC(=O)c4ccncc4)cc3C(=O)N([C@H](C)CO)C[C@@H]2C)cc1. The Morgan fingerprint density at radius 3 is 2.50 bits per heavy atom. The average molecular weight is 683 g/mol. The maximum Gasteiger partial charge on any atom is 0.258 e. The van der Waals surface area contributed by atoms with Crippen LogP contribution in [0.15, 0.2) is 71.9 Å². The van der Waals surface area contributed by atoms with Crippen molar-refractivity contribution in [1.29, 1.82) is 0 Å². The van der Waals surface area contributed by atoms with E-state index in [1.165, 1.54) is 43.0 Å². The number of aliphatic hydroxyl groups excluding tert-OH is 1. The molecule has 0 radical (unpaired) electrons. The molecule has 0 unspecified atom stereocenters. The van der Waals surface area contributed by atoms with Crippen LogP contribution in [0, 0.1) is 5.92 Å². The smallest absolute Gasteiger partial charge is 0.258 e. The van der Waals surface area contributed by atoms with E-state index in [1.807, 2.05) is 13.8 Å². The lowest BCUT2D eigenvalue weighted by molar-refractivity contribution is -0.00834. The number of aromatic nitrogens is 1. The molecular weight excluding hydrogens is 636 g/mol. The molecule has 2 heterocycles. The number of aliphatic hydroxyl groups is 1. The number of sulfonamides is 1. The molecule has 48 heavy (non-hydrogen) atoms. The Hall–Kier alpha value is -4.04. The third-order valence-electron chi connectivity index (χ3n) is 8.46. The summed E-state index contributed by atoms with van der Waals surface area (Å²) in [5.74, 6) is -0.180. The minimum Gasteiger partial charge on any atom is -0.497 e. The highest BCUT2D eigenvalue weighted by molar-refractivity contribution is 7.89. The quantitative estimate of drug-likeness (QED) is 0.334. The number of nitrogens with one attached hydrogen (secondary N) is 1. The molecule has 0 spiro atoms. The molecule has 1 aromatic heterocycles. The zero-order valence-electron chi connectivity index (χ0n) is 28.2. The number of carbonyl (C=O) groups excluding carboxylic acids is 2. The first-order chi connectivity index (χ1) is 22.9. The topological polar surface area (TPSA) is 148 Å². The Balaban J connectivity index is 1.64. The molecule has 260 valence electrons. The van der Waals surface area contributed by atoms with Crippen molar-refractivity contribution in [2.45, 2.75) is 63.2 Å². The summed E-state index contributed by atoms with van der Waals surface area (Å²) in [7, 11) is -0.827. The third-order valence-corrected chi connectivity index (χ3v) is 10.3. The van der Waals surface area contributed by atoms with Crippen molar-refractivity contribution >= 4 is 27.5 Å². The molecule has 2 aromatic carbocycles. The fourth-order valence-corrected chi connectivity index (χ4v) is 6.63. The largest absolute Gasteiger partial charge is 0.497 e. The van der Waals surface area contributed by atoms with Gasteiger partial charge in [0, 0.05) is 56.3 Å². The van der Waals surface area contributed by atoms with Gasteiger partial charge < -0.3 is 29.5 Å². The van der Waals surface area contributed by atoms with Crippen LogP contribution >= 0.6 is 0 Å². The van der Waals surface area contributed by atoms with Crippen molar-refractivity contribution in [3.63, 3.8) is 0 Å². The molecule has 4 atom stereocenters. The maximum atomic E-state index is 14.3. The second kappa shape index (κ2) is 16.9. The van der Waals surface area contributed by atoms with Crippen LogP contribution in [0.2, 0.25) is 0 Å². The first kappa shape index (κ1) is 36.8. The van der Waals surface area contributed by atoms with E-state index < -0.39 is 28.1 Å². The summed E-state index contributed by atoms with van der Waals surface area (Å²) in [6.45, 7) is 5.87. The molecule has 13 heteroatoms. The predicted molar refractivity (Wildman–Crippen MR) is 182 cm³/mol. The molecule has 1 aliphatic rings. The monoisotopic (exact) mass is 682 g/mol. The fraction of sp³-hybridized carbons (Fsp3) is 0.457. The second-order valence-corrected chi connectivity index (χ2v) is 14.2. The highest BCUT2D eigenvalue weighted by atomic mass is 32.2. The predicted octanol–water partition coefficient (Wildman–Crippen LogP) is 4.46. The molecule has 2 N–H and O–H groups in total. The van der Waals surface area contributed by atoms with Crippen LogP contribution in [0.3, 0.4) is 0 Å². The number of methoxy groups -OCH3 is 1. The van der Waals surface area contributed by atoms with E-state index in [4.69, 9.17) is 14.2 Å². The maximum absolute atomic E-state index is 14.3. The van der Waals surface area contributed by atoms with Crippen molar-refractivity contribution in [1.82, 2.24) is 14.2 Å². The van der Waals surface area contributed by atoms with Crippen LogP contribution in [0.1, 0.15) is 60.7 Å². The number of fused-ring (bicyclic) bond motifs is 1. The van der Waals surface area contributed by atoms with Gasteiger partial charge in [0.05, 0.1) is 42.4 Å². The van der Waals surface area contributed by atoms with Gasteiger partial charge in [0.25, 0.3) is 11.8 Å². The highest BCUT2D eigenvalue weighted by Crippen LogP contribution is 2.29. The number of rotatable bonds is 9. The van der Waals surface area contributed by atoms with E-state index in [1.54, 1.807) is 54.3 Å². The number of hydrogen-bond acceptors (Lipinski definition) is 9. The molecule has 4 rings (SSSR count). The summed E-state index contributed by atoms with van der Waals surface area (Å²) < 4.78 is 46.0. The van der Waals surface area contributed by atoms with Crippen LogP contribution in [0.5, 0.6) is 11.5 Å². The summed E-state index contributed by atoms with van der Waals surface area (Å²) in [5.41, 5.74) is 1.05. The van der Waals surface area contributed by atoms with E-state index in [-0.39, 0.29) is 48.1 Å². The second-order valence-electron chi connectivity index (χ2n) is 12.2. The number of carbonyl (C=O) groups is 2. The number of hydrogen-bond donors (Lipinski definition) is 2. The molecule has 0 aliphatic carbocycles. The molecule has 3 aromatic rings. The minimum atomic E-state index is -3.85. The van der Waals surface area contributed by atoms with Crippen molar-refractivity contribution in [2.24, 2.45) is 5.92 Å². The Morgan fingerprint density at radius 1 is 1.12 bits per heavy atom. The van der Waals surface area contributed by atoms with Gasteiger partial charge >= 0.3 is 0 Å². The van der Waals surface area contributed by atoms with Gasteiger partial charge in [-0.3, -0.25) is 14.6 Å². The van der Waals surface area contributed by atoms with Crippen LogP contribution in [0.25, 0.3) is 0 Å². The molecule has 1 aliphatic heterocycles. The van der Waals surface area contributed by atoms with Gasteiger partial charge in [-0.1, -0.05) is 6.92 Å². The number of anilines is 1. The van der Waals surface area contributed by atoms with Crippen LogP contribution < -0.4 is 14.8 Å². The third kappa shape index (κ3) is 9.31. The molecule has 0 fully saturated rings.